The summed E-state index contributed by atoms with van der Waals surface area (Å²) in [5.41, 5.74) is -0.780. The summed E-state index contributed by atoms with van der Waals surface area (Å²) in [5.74, 6) is -1.85. The monoisotopic (exact) mass is 496 g/mol. The number of esters is 1. The molecule has 0 radical (unpaired) electrons. The quantitative estimate of drug-likeness (QED) is 0.285. The Morgan fingerprint density at radius 3 is 2.39 bits per heavy atom. The van der Waals surface area contributed by atoms with Gasteiger partial charge in [-0.1, -0.05) is 35.2 Å². The Balaban J connectivity index is 1.54. The van der Waals surface area contributed by atoms with Crippen LogP contribution in [0.4, 0.5) is 24.0 Å². The smallest absolute Gasteiger partial charge is 0.417 e. The van der Waals surface area contributed by atoms with Crippen molar-refractivity contribution in [3.8, 4) is 0 Å². The number of ether oxygens (including phenoxy) is 1. The minimum absolute atomic E-state index is 0.00159. The van der Waals surface area contributed by atoms with Crippen LogP contribution in [-0.2, 0) is 15.7 Å². The molecule has 0 spiro atoms. The Labute approximate surface area is 193 Å². The molecule has 0 unspecified atom stereocenters. The van der Waals surface area contributed by atoms with Gasteiger partial charge in [0.2, 0.25) is 11.0 Å². The number of hydrogen-bond donors (Lipinski definition) is 2. The van der Waals surface area contributed by atoms with Crippen molar-refractivity contribution in [3.63, 3.8) is 0 Å². The van der Waals surface area contributed by atoms with Crippen LogP contribution in [0.1, 0.15) is 26.3 Å². The molecule has 172 valence electrons. The van der Waals surface area contributed by atoms with Crippen LogP contribution in [0, 0.1) is 0 Å². The van der Waals surface area contributed by atoms with Gasteiger partial charge in [0.05, 0.1) is 29.6 Å². The van der Waals surface area contributed by atoms with Gasteiger partial charge in [-0.3, -0.25) is 14.9 Å². The van der Waals surface area contributed by atoms with Crippen molar-refractivity contribution in [2.24, 2.45) is 0 Å². The largest absolute Gasteiger partial charge is 0.465 e. The fourth-order valence-corrected chi connectivity index (χ4v) is 4.09. The highest BCUT2D eigenvalue weighted by atomic mass is 32.2. The second-order valence-corrected chi connectivity index (χ2v) is 8.48. The Bertz CT molecular complexity index is 1170. The van der Waals surface area contributed by atoms with Crippen LogP contribution in [0.15, 0.2) is 52.9 Å². The molecule has 2 amide bonds. The zero-order valence-corrected chi connectivity index (χ0v) is 18.4. The third-order valence-electron chi connectivity index (χ3n) is 4.02. The molecule has 0 saturated carbocycles. The van der Waals surface area contributed by atoms with Crippen molar-refractivity contribution in [1.82, 2.24) is 10.2 Å². The van der Waals surface area contributed by atoms with Crippen molar-refractivity contribution in [2.45, 2.75) is 10.5 Å². The number of anilines is 2. The number of carbonyl (C=O) groups excluding carboxylic acids is 3. The number of thioether (sulfide) groups is 1. The van der Waals surface area contributed by atoms with Gasteiger partial charge in [-0.2, -0.15) is 13.2 Å². The topological polar surface area (TPSA) is 110 Å². The standard InChI is InChI=1S/C20H15F3N4O4S2/c1-31-17(30)11-6-8-12(9-7-11)24-15(28)10-32-19-27-26-18(33-19)25-16(29)13-4-2-3-5-14(13)20(21,22)23/h2-9H,10H2,1H3,(H,24,28)(H,25,26,29). The second-order valence-electron chi connectivity index (χ2n) is 6.28. The fourth-order valence-electron chi connectivity index (χ4n) is 2.54. The molecule has 0 saturated heterocycles. The summed E-state index contributed by atoms with van der Waals surface area (Å²) in [5, 5.41) is 12.5. The lowest BCUT2D eigenvalue weighted by Crippen LogP contribution is -2.18. The summed E-state index contributed by atoms with van der Waals surface area (Å²) in [6.45, 7) is 0. The summed E-state index contributed by atoms with van der Waals surface area (Å²) in [6, 6.07) is 10.5. The molecule has 33 heavy (non-hydrogen) atoms. The third kappa shape index (κ3) is 6.52. The molecule has 1 aromatic heterocycles. The normalized spacial score (nSPS) is 11.0. The first kappa shape index (κ1) is 24.2. The average Bonchev–Trinajstić information content (AvgIpc) is 3.24. The fraction of sp³-hybridized carbons (Fsp3) is 0.150. The number of rotatable bonds is 7. The third-order valence-corrected chi connectivity index (χ3v) is 5.99. The van der Waals surface area contributed by atoms with E-state index in [1.54, 1.807) is 12.1 Å². The van der Waals surface area contributed by atoms with E-state index < -0.39 is 29.2 Å². The maximum atomic E-state index is 13.1. The van der Waals surface area contributed by atoms with Crippen molar-refractivity contribution in [3.05, 3.63) is 65.2 Å². The first-order chi connectivity index (χ1) is 15.7. The number of aromatic nitrogens is 2. The summed E-state index contributed by atoms with van der Waals surface area (Å²) in [7, 11) is 1.26. The van der Waals surface area contributed by atoms with Gasteiger partial charge < -0.3 is 10.1 Å². The zero-order chi connectivity index (χ0) is 24.0. The molecular weight excluding hydrogens is 481 g/mol. The molecule has 0 bridgehead atoms. The van der Waals surface area contributed by atoms with Gasteiger partial charge in [0, 0.05) is 5.69 Å². The predicted octanol–water partition coefficient (Wildman–Crippen LogP) is 4.33. The lowest BCUT2D eigenvalue weighted by atomic mass is 10.1. The van der Waals surface area contributed by atoms with Crippen molar-refractivity contribution < 1.29 is 32.3 Å². The van der Waals surface area contributed by atoms with Gasteiger partial charge in [-0.15, -0.1) is 10.2 Å². The highest BCUT2D eigenvalue weighted by molar-refractivity contribution is 8.01. The minimum Gasteiger partial charge on any atom is -0.465 e. The van der Waals surface area contributed by atoms with Crippen LogP contribution in [0.2, 0.25) is 0 Å². The van der Waals surface area contributed by atoms with Crippen LogP contribution in [0.3, 0.4) is 0 Å². The van der Waals surface area contributed by atoms with E-state index in [0.717, 1.165) is 35.2 Å². The minimum atomic E-state index is -4.68. The Hall–Kier alpha value is -3.45. The molecule has 0 aliphatic heterocycles. The molecule has 3 aromatic rings. The van der Waals surface area contributed by atoms with Gasteiger partial charge in [0.15, 0.2) is 4.34 Å². The van der Waals surface area contributed by atoms with Crippen molar-refractivity contribution in [1.29, 1.82) is 0 Å². The number of amides is 2. The van der Waals surface area contributed by atoms with Crippen LogP contribution in [-0.4, -0.2) is 40.8 Å². The number of hydrogen-bond acceptors (Lipinski definition) is 8. The number of nitrogens with zero attached hydrogens (tertiary/aromatic N) is 2. The van der Waals surface area contributed by atoms with Gasteiger partial charge in [0.25, 0.3) is 5.91 Å². The molecule has 0 atom stereocenters. The molecular formula is C20H15F3N4O4S2. The van der Waals surface area contributed by atoms with E-state index in [4.69, 9.17) is 0 Å². The number of nitrogens with one attached hydrogen (secondary N) is 2. The van der Waals surface area contributed by atoms with E-state index in [1.165, 1.54) is 31.4 Å². The van der Waals surface area contributed by atoms with Crippen LogP contribution < -0.4 is 10.6 Å². The van der Waals surface area contributed by atoms with Crippen molar-refractivity contribution >= 4 is 51.7 Å². The van der Waals surface area contributed by atoms with Crippen LogP contribution >= 0.6 is 23.1 Å². The average molecular weight is 496 g/mol. The van der Waals surface area contributed by atoms with Crippen LogP contribution in [0.5, 0.6) is 0 Å². The van der Waals surface area contributed by atoms with E-state index in [0.29, 0.717) is 15.6 Å². The van der Waals surface area contributed by atoms with Gasteiger partial charge in [-0.25, -0.2) is 4.79 Å². The lowest BCUT2D eigenvalue weighted by molar-refractivity contribution is -0.137. The molecule has 1 heterocycles. The van der Waals surface area contributed by atoms with Gasteiger partial charge in [0.1, 0.15) is 0 Å². The maximum absolute atomic E-state index is 13.1. The summed E-state index contributed by atoms with van der Waals surface area (Å²) < 4.78 is 44.2. The second kappa shape index (κ2) is 10.4. The Morgan fingerprint density at radius 1 is 1.03 bits per heavy atom. The SMILES string of the molecule is COC(=O)c1ccc(NC(=O)CSc2nnc(NC(=O)c3ccccc3C(F)(F)F)s2)cc1. The van der Waals surface area contributed by atoms with Gasteiger partial charge >= 0.3 is 12.1 Å². The number of halogens is 3. The van der Waals surface area contributed by atoms with E-state index in [2.05, 4.69) is 25.6 Å². The number of methoxy groups -OCH3 is 1. The molecule has 0 aliphatic carbocycles. The summed E-state index contributed by atoms with van der Waals surface area (Å²) in [4.78, 5) is 35.8. The number of benzene rings is 2. The molecule has 2 aromatic carbocycles. The van der Waals surface area contributed by atoms with Crippen LogP contribution in [0.25, 0.3) is 0 Å². The van der Waals surface area contributed by atoms with E-state index >= 15 is 0 Å². The summed E-state index contributed by atoms with van der Waals surface area (Å²) >= 11 is 1.96. The maximum Gasteiger partial charge on any atom is 0.417 e. The molecule has 13 heteroatoms. The van der Waals surface area contributed by atoms with E-state index in [9.17, 15) is 27.6 Å². The highest BCUT2D eigenvalue weighted by Crippen LogP contribution is 2.32. The number of carbonyl (C=O) groups is 3. The molecule has 2 N–H and O–H groups in total. The predicted molar refractivity (Wildman–Crippen MR) is 116 cm³/mol. The zero-order valence-electron chi connectivity index (χ0n) is 16.8. The van der Waals surface area contributed by atoms with Gasteiger partial charge in [-0.05, 0) is 36.4 Å². The molecule has 8 nitrogen and oxygen atoms in total. The molecule has 0 aliphatic rings. The Kier molecular flexibility index (Phi) is 7.66. The highest BCUT2D eigenvalue weighted by Gasteiger charge is 2.35. The summed E-state index contributed by atoms with van der Waals surface area (Å²) in [6.07, 6.45) is -4.68. The number of alkyl halides is 3. The molecule has 3 rings (SSSR count). The van der Waals surface area contributed by atoms with Crippen molar-refractivity contribution in [2.75, 3.05) is 23.5 Å². The van der Waals surface area contributed by atoms with E-state index in [-0.39, 0.29) is 16.8 Å². The molecule has 0 fully saturated rings. The first-order valence-electron chi connectivity index (χ1n) is 9.09. The van der Waals surface area contributed by atoms with E-state index in [1.807, 2.05) is 0 Å². The Morgan fingerprint density at radius 2 is 1.73 bits per heavy atom. The first-order valence-corrected chi connectivity index (χ1v) is 10.9. The lowest BCUT2D eigenvalue weighted by Gasteiger charge is -2.11.